The van der Waals surface area contributed by atoms with E-state index in [0.29, 0.717) is 19.3 Å². The van der Waals surface area contributed by atoms with Crippen LogP contribution in [0.25, 0.3) is 0 Å². The zero-order valence-electron chi connectivity index (χ0n) is 7.41. The topological polar surface area (TPSA) is 90.2 Å². The van der Waals surface area contributed by atoms with Crippen molar-refractivity contribution in [1.29, 1.82) is 5.26 Å². The molecule has 1 atom stereocenters. The van der Waals surface area contributed by atoms with Crippen LogP contribution in [0, 0.1) is 11.3 Å². The Morgan fingerprint density at radius 1 is 1.62 bits per heavy atom. The van der Waals surface area contributed by atoms with Crippen molar-refractivity contribution in [2.24, 2.45) is 0 Å². The third-order valence-electron chi connectivity index (χ3n) is 1.46. The van der Waals surface area contributed by atoms with E-state index in [9.17, 15) is 9.59 Å². The van der Waals surface area contributed by atoms with E-state index < -0.39 is 12.0 Å². The maximum absolute atomic E-state index is 10.6. The molecule has 0 fully saturated rings. The lowest BCUT2D eigenvalue weighted by atomic mass is 10.1. The molecule has 5 nitrogen and oxygen atoms in total. The largest absolute Gasteiger partial charge is 0.480 e. The molecule has 0 aliphatic carbocycles. The minimum absolute atomic E-state index is 0.294. The van der Waals surface area contributed by atoms with Crippen LogP contribution in [0.4, 0.5) is 0 Å². The second kappa shape index (κ2) is 6.00. The lowest BCUT2D eigenvalue weighted by molar-refractivity contribution is -0.141. The normalized spacial score (nSPS) is 11.4. The van der Waals surface area contributed by atoms with Gasteiger partial charge in [-0.1, -0.05) is 0 Å². The molecule has 0 radical (unpaired) electrons. The van der Waals surface area contributed by atoms with Gasteiger partial charge in [-0.2, -0.15) is 5.26 Å². The molecule has 0 aliphatic rings. The zero-order chi connectivity index (χ0) is 10.3. The number of nitrogens with one attached hydrogen (secondary N) is 1. The van der Waals surface area contributed by atoms with E-state index in [1.54, 1.807) is 0 Å². The Hall–Kier alpha value is -1.57. The Kier molecular flexibility index (Phi) is 5.28. The lowest BCUT2D eigenvalue weighted by Gasteiger charge is -2.11. The summed E-state index contributed by atoms with van der Waals surface area (Å²) in [6.07, 6.45) is 1.08. The van der Waals surface area contributed by atoms with Crippen LogP contribution in [0.5, 0.6) is 0 Å². The summed E-state index contributed by atoms with van der Waals surface area (Å²) in [5.41, 5.74) is 0. The van der Waals surface area contributed by atoms with Crippen LogP contribution in [0.1, 0.15) is 26.2 Å². The van der Waals surface area contributed by atoms with Gasteiger partial charge in [0.15, 0.2) is 0 Å². The molecule has 72 valence electrons. The van der Waals surface area contributed by atoms with Crippen molar-refractivity contribution in [3.63, 3.8) is 0 Å². The summed E-state index contributed by atoms with van der Waals surface area (Å²) in [7, 11) is 0. The summed E-state index contributed by atoms with van der Waals surface area (Å²) in [6, 6.07) is 1.04. The van der Waals surface area contributed by atoms with Gasteiger partial charge in [0.2, 0.25) is 5.91 Å². The number of nitriles is 1. The number of nitrogens with zero attached hydrogens (tertiary/aromatic N) is 1. The predicted octanol–water partition coefficient (Wildman–Crippen LogP) is 0.270. The second-order valence-corrected chi connectivity index (χ2v) is 2.64. The standard InChI is InChI=1S/C8H12N2O3/c1-6(11)10-7(8(12)13)4-2-3-5-9/h7H,2-4H2,1H3,(H,10,11)(H,12,13). The van der Waals surface area contributed by atoms with Gasteiger partial charge in [0.1, 0.15) is 6.04 Å². The number of carboxylic acids is 1. The molecule has 0 heterocycles. The molecule has 1 unspecified atom stereocenters. The third kappa shape index (κ3) is 5.67. The summed E-state index contributed by atoms with van der Waals surface area (Å²) >= 11 is 0. The van der Waals surface area contributed by atoms with Crippen LogP contribution in [0.2, 0.25) is 0 Å². The fourth-order valence-corrected chi connectivity index (χ4v) is 0.888. The van der Waals surface area contributed by atoms with Gasteiger partial charge >= 0.3 is 5.97 Å². The Morgan fingerprint density at radius 3 is 2.62 bits per heavy atom. The fraction of sp³-hybridized carbons (Fsp3) is 0.625. The molecule has 0 saturated carbocycles. The zero-order valence-corrected chi connectivity index (χ0v) is 7.41. The van der Waals surface area contributed by atoms with Gasteiger partial charge in [0.25, 0.3) is 0 Å². The molecule has 0 aromatic heterocycles. The molecule has 5 heteroatoms. The number of aliphatic carboxylic acids is 1. The van der Waals surface area contributed by atoms with Gasteiger partial charge in [-0.15, -0.1) is 0 Å². The van der Waals surface area contributed by atoms with Crippen molar-refractivity contribution in [2.45, 2.75) is 32.2 Å². The van der Waals surface area contributed by atoms with E-state index in [0.717, 1.165) is 0 Å². The summed E-state index contributed by atoms with van der Waals surface area (Å²) in [5.74, 6) is -1.43. The molecule has 13 heavy (non-hydrogen) atoms. The van der Waals surface area contributed by atoms with Crippen molar-refractivity contribution in [1.82, 2.24) is 5.32 Å². The summed E-state index contributed by atoms with van der Waals surface area (Å²) in [6.45, 7) is 1.26. The van der Waals surface area contributed by atoms with Crippen LogP contribution in [0.3, 0.4) is 0 Å². The monoisotopic (exact) mass is 184 g/mol. The van der Waals surface area contributed by atoms with Gasteiger partial charge in [-0.25, -0.2) is 4.79 Å². The number of carbonyl (C=O) groups is 2. The number of hydrogen-bond acceptors (Lipinski definition) is 3. The quantitative estimate of drug-likeness (QED) is 0.600. The van der Waals surface area contributed by atoms with Gasteiger partial charge in [0, 0.05) is 13.3 Å². The van der Waals surface area contributed by atoms with Gasteiger partial charge in [0.05, 0.1) is 6.07 Å². The molecule has 0 saturated heterocycles. The first-order valence-corrected chi connectivity index (χ1v) is 3.94. The average Bonchev–Trinajstić information content (AvgIpc) is 2.02. The Bertz CT molecular complexity index is 232. The van der Waals surface area contributed by atoms with E-state index in [1.807, 2.05) is 6.07 Å². The molecule has 0 aliphatic heterocycles. The first-order valence-electron chi connectivity index (χ1n) is 3.94. The second-order valence-electron chi connectivity index (χ2n) is 2.64. The van der Waals surface area contributed by atoms with Gasteiger partial charge in [-0.05, 0) is 12.8 Å². The number of carbonyl (C=O) groups excluding carboxylic acids is 1. The van der Waals surface area contributed by atoms with Gasteiger partial charge in [-0.3, -0.25) is 4.79 Å². The molecule has 0 aromatic carbocycles. The van der Waals surface area contributed by atoms with Crippen molar-refractivity contribution in [2.75, 3.05) is 0 Å². The van der Waals surface area contributed by atoms with Crippen molar-refractivity contribution < 1.29 is 14.7 Å². The molecule has 0 spiro atoms. The van der Waals surface area contributed by atoms with Crippen LogP contribution in [-0.2, 0) is 9.59 Å². The van der Waals surface area contributed by atoms with E-state index in [-0.39, 0.29) is 5.91 Å². The van der Waals surface area contributed by atoms with Crippen molar-refractivity contribution in [3.8, 4) is 6.07 Å². The van der Waals surface area contributed by atoms with E-state index >= 15 is 0 Å². The highest BCUT2D eigenvalue weighted by atomic mass is 16.4. The lowest BCUT2D eigenvalue weighted by Crippen LogP contribution is -2.39. The minimum Gasteiger partial charge on any atom is -0.480 e. The number of hydrogen-bond donors (Lipinski definition) is 2. The van der Waals surface area contributed by atoms with E-state index in [4.69, 9.17) is 10.4 Å². The summed E-state index contributed by atoms with van der Waals surface area (Å²) < 4.78 is 0. The van der Waals surface area contributed by atoms with E-state index in [1.165, 1.54) is 6.92 Å². The Morgan fingerprint density at radius 2 is 2.23 bits per heavy atom. The SMILES string of the molecule is CC(=O)NC(CCCC#N)C(=O)O. The highest BCUT2D eigenvalue weighted by molar-refractivity contribution is 5.81. The van der Waals surface area contributed by atoms with Crippen molar-refractivity contribution in [3.05, 3.63) is 0 Å². The highest BCUT2D eigenvalue weighted by Gasteiger charge is 2.16. The first-order chi connectivity index (χ1) is 6.07. The molecule has 2 N–H and O–H groups in total. The predicted molar refractivity (Wildman–Crippen MR) is 44.7 cm³/mol. The number of rotatable bonds is 5. The van der Waals surface area contributed by atoms with Crippen LogP contribution in [0.15, 0.2) is 0 Å². The first kappa shape index (κ1) is 11.4. The average molecular weight is 184 g/mol. The number of amides is 1. The van der Waals surface area contributed by atoms with Gasteiger partial charge < -0.3 is 10.4 Å². The third-order valence-corrected chi connectivity index (χ3v) is 1.46. The maximum Gasteiger partial charge on any atom is 0.326 e. The number of unbranched alkanes of at least 4 members (excludes halogenated alkanes) is 1. The Balaban J connectivity index is 3.89. The van der Waals surface area contributed by atoms with Crippen LogP contribution >= 0.6 is 0 Å². The summed E-state index contributed by atoms with van der Waals surface area (Å²) in [4.78, 5) is 21.1. The molecular formula is C8H12N2O3. The smallest absolute Gasteiger partial charge is 0.326 e. The number of carboxylic acid groups (broad SMARTS) is 1. The summed E-state index contributed by atoms with van der Waals surface area (Å²) in [5, 5.41) is 19.1. The van der Waals surface area contributed by atoms with Crippen LogP contribution < -0.4 is 5.32 Å². The van der Waals surface area contributed by atoms with Crippen molar-refractivity contribution >= 4 is 11.9 Å². The Labute approximate surface area is 76.4 Å². The molecular weight excluding hydrogens is 172 g/mol. The highest BCUT2D eigenvalue weighted by Crippen LogP contribution is 2.00. The maximum atomic E-state index is 10.6. The molecule has 0 aromatic rings. The van der Waals surface area contributed by atoms with Crippen LogP contribution in [-0.4, -0.2) is 23.0 Å². The molecule has 1 amide bonds. The molecule has 0 rings (SSSR count). The molecule has 0 bridgehead atoms. The fourth-order valence-electron chi connectivity index (χ4n) is 0.888. The minimum atomic E-state index is -1.06. The van der Waals surface area contributed by atoms with E-state index in [2.05, 4.69) is 5.32 Å².